The van der Waals surface area contributed by atoms with Crippen molar-refractivity contribution in [3.05, 3.63) is 35.2 Å². The first-order valence-corrected chi connectivity index (χ1v) is 7.62. The van der Waals surface area contributed by atoms with Gasteiger partial charge in [-0.25, -0.2) is 0 Å². The predicted octanol–water partition coefficient (Wildman–Crippen LogP) is 1.69. The second kappa shape index (κ2) is 7.09. The summed E-state index contributed by atoms with van der Waals surface area (Å²) in [6.45, 7) is 1.93. The number of hydrogen-bond acceptors (Lipinski definition) is 5. The number of para-hydroxylation sites is 1. The maximum atomic E-state index is 12.1. The molecule has 126 valence electrons. The van der Waals surface area contributed by atoms with Crippen LogP contribution in [-0.4, -0.2) is 41.8 Å². The molecular weight excluding hydrogens is 306 g/mol. The fourth-order valence-corrected chi connectivity index (χ4v) is 2.39. The van der Waals surface area contributed by atoms with Crippen LogP contribution in [0.1, 0.15) is 30.1 Å². The number of hydrogen-bond donors (Lipinski definition) is 3. The Labute approximate surface area is 141 Å². The summed E-state index contributed by atoms with van der Waals surface area (Å²) in [7, 11) is 3.21. The molecule has 1 unspecified atom stereocenters. The number of anilines is 1. The molecule has 6 nitrogen and oxygen atoms in total. The van der Waals surface area contributed by atoms with Gasteiger partial charge in [-0.3, -0.25) is 9.59 Å². The number of phenolic OH excluding ortho intramolecular Hbond substituents is 1. The maximum Gasteiger partial charge on any atom is 0.257 e. The number of carbonyl (C=O) groups is 2. The number of nitrogens with zero attached hydrogens (tertiary/aromatic N) is 1. The molecule has 0 saturated carbocycles. The smallest absolute Gasteiger partial charge is 0.257 e. The van der Waals surface area contributed by atoms with Crippen LogP contribution in [0.15, 0.2) is 29.6 Å². The Bertz CT molecular complexity index is 744. The van der Waals surface area contributed by atoms with E-state index < -0.39 is 0 Å². The highest BCUT2D eigenvalue weighted by molar-refractivity contribution is 6.07. The van der Waals surface area contributed by atoms with E-state index >= 15 is 0 Å². The van der Waals surface area contributed by atoms with E-state index in [0.29, 0.717) is 24.2 Å². The zero-order valence-corrected chi connectivity index (χ0v) is 14.0. The van der Waals surface area contributed by atoms with Crippen molar-refractivity contribution in [3.8, 4) is 18.1 Å². The molecule has 1 aromatic carbocycles. The molecule has 1 aliphatic rings. The zero-order valence-electron chi connectivity index (χ0n) is 14.0. The molecule has 1 aliphatic carbocycles. The minimum Gasteiger partial charge on any atom is -0.505 e. The number of terminal acetylenes is 1. The van der Waals surface area contributed by atoms with Crippen LogP contribution >= 0.6 is 0 Å². The average molecular weight is 327 g/mol. The van der Waals surface area contributed by atoms with Gasteiger partial charge in [-0.1, -0.05) is 6.07 Å². The standard InChI is InChI=1S/C18H21N3O3/c1-5-7-11(2)19-14-10-15(22)16(14)20-13-9-6-8-12(17(13)23)18(24)21(3)4/h1,6,8-9,11,19-20,23H,7,10H2,2-4H3. The largest absolute Gasteiger partial charge is 0.505 e. The van der Waals surface area contributed by atoms with Crippen LogP contribution in [0.25, 0.3) is 0 Å². The maximum absolute atomic E-state index is 12.1. The lowest BCUT2D eigenvalue weighted by Gasteiger charge is -2.27. The molecule has 0 aliphatic heterocycles. The van der Waals surface area contributed by atoms with Crippen molar-refractivity contribution >= 4 is 17.4 Å². The summed E-state index contributed by atoms with van der Waals surface area (Å²) in [6.07, 6.45) is 6.13. The number of benzene rings is 1. The van der Waals surface area contributed by atoms with Crippen LogP contribution in [0.4, 0.5) is 5.69 Å². The predicted molar refractivity (Wildman–Crippen MR) is 92.4 cm³/mol. The van der Waals surface area contributed by atoms with Crippen LogP contribution in [0.5, 0.6) is 5.75 Å². The molecule has 0 saturated heterocycles. The van der Waals surface area contributed by atoms with Gasteiger partial charge < -0.3 is 20.6 Å². The second-order valence-corrected chi connectivity index (χ2v) is 5.93. The summed E-state index contributed by atoms with van der Waals surface area (Å²) in [6, 6.07) is 4.85. The average Bonchev–Trinajstić information content (AvgIpc) is 2.53. The van der Waals surface area contributed by atoms with Gasteiger partial charge in [0.15, 0.2) is 11.5 Å². The van der Waals surface area contributed by atoms with Gasteiger partial charge in [-0.2, -0.15) is 0 Å². The molecule has 0 spiro atoms. The first-order valence-electron chi connectivity index (χ1n) is 7.62. The van der Waals surface area contributed by atoms with E-state index in [0.717, 1.165) is 5.70 Å². The third-order valence-corrected chi connectivity index (χ3v) is 3.69. The third-order valence-electron chi connectivity index (χ3n) is 3.69. The Balaban J connectivity index is 2.24. The molecule has 1 aromatic rings. The number of allylic oxidation sites excluding steroid dienone is 2. The van der Waals surface area contributed by atoms with Crippen LogP contribution in [0.2, 0.25) is 0 Å². The minimum absolute atomic E-state index is 0.0464. The number of carbonyl (C=O) groups excluding carboxylic acids is 2. The van der Waals surface area contributed by atoms with Crippen molar-refractivity contribution in [2.24, 2.45) is 0 Å². The summed E-state index contributed by atoms with van der Waals surface area (Å²) in [5.74, 6) is 2.01. The van der Waals surface area contributed by atoms with E-state index in [9.17, 15) is 14.7 Å². The van der Waals surface area contributed by atoms with E-state index in [2.05, 4.69) is 16.6 Å². The van der Waals surface area contributed by atoms with Crippen LogP contribution < -0.4 is 10.6 Å². The van der Waals surface area contributed by atoms with Crippen LogP contribution in [0.3, 0.4) is 0 Å². The molecule has 0 heterocycles. The van der Waals surface area contributed by atoms with Crippen molar-refractivity contribution in [2.45, 2.75) is 25.8 Å². The van der Waals surface area contributed by atoms with Gasteiger partial charge in [0.05, 0.1) is 17.7 Å². The third kappa shape index (κ3) is 3.51. The van der Waals surface area contributed by atoms with Gasteiger partial charge in [0.1, 0.15) is 5.70 Å². The molecule has 2 rings (SSSR count). The fraction of sp³-hybridized carbons (Fsp3) is 0.333. The van der Waals surface area contributed by atoms with Gasteiger partial charge in [-0.15, -0.1) is 12.3 Å². The Morgan fingerprint density at radius 1 is 1.46 bits per heavy atom. The number of nitrogens with one attached hydrogen (secondary N) is 2. The minimum atomic E-state index is -0.314. The highest BCUT2D eigenvalue weighted by Crippen LogP contribution is 2.32. The van der Waals surface area contributed by atoms with E-state index in [1.165, 1.54) is 11.0 Å². The molecule has 1 atom stereocenters. The quantitative estimate of drug-likeness (QED) is 0.547. The van der Waals surface area contributed by atoms with Gasteiger partial charge in [-0.05, 0) is 19.1 Å². The summed E-state index contributed by atoms with van der Waals surface area (Å²) < 4.78 is 0. The Morgan fingerprint density at radius 3 is 2.75 bits per heavy atom. The Kier molecular flexibility index (Phi) is 5.14. The number of Topliss-reactive ketones (excluding diaryl/α,β-unsaturated/α-hetero) is 1. The molecule has 0 radical (unpaired) electrons. The molecule has 0 fully saturated rings. The second-order valence-electron chi connectivity index (χ2n) is 5.93. The Hall–Kier alpha value is -2.94. The molecule has 0 bridgehead atoms. The lowest BCUT2D eigenvalue weighted by Crippen LogP contribution is -2.36. The van der Waals surface area contributed by atoms with Crippen LogP contribution in [0, 0.1) is 12.3 Å². The Morgan fingerprint density at radius 2 is 2.17 bits per heavy atom. The molecule has 3 N–H and O–H groups in total. The van der Waals surface area contributed by atoms with E-state index in [1.54, 1.807) is 26.2 Å². The first kappa shape index (κ1) is 17.4. The lowest BCUT2D eigenvalue weighted by molar-refractivity contribution is -0.116. The van der Waals surface area contributed by atoms with Crippen LogP contribution in [-0.2, 0) is 4.79 Å². The molecule has 24 heavy (non-hydrogen) atoms. The van der Waals surface area contributed by atoms with E-state index in [1.807, 2.05) is 6.92 Å². The first-order chi connectivity index (χ1) is 11.3. The topological polar surface area (TPSA) is 81.7 Å². The summed E-state index contributed by atoms with van der Waals surface area (Å²) >= 11 is 0. The normalized spacial score (nSPS) is 14.5. The number of aromatic hydroxyl groups is 1. The zero-order chi connectivity index (χ0) is 17.9. The molecule has 1 amide bonds. The molecule has 0 aromatic heterocycles. The SMILES string of the molecule is C#CCC(C)NC1=C(Nc2cccc(C(=O)N(C)C)c2O)C(=O)C1. The summed E-state index contributed by atoms with van der Waals surface area (Å²) in [4.78, 5) is 25.3. The number of phenols is 1. The van der Waals surface area contributed by atoms with Crippen molar-refractivity contribution in [3.63, 3.8) is 0 Å². The monoisotopic (exact) mass is 327 g/mol. The number of ketones is 1. The highest BCUT2D eigenvalue weighted by atomic mass is 16.3. The lowest BCUT2D eigenvalue weighted by atomic mass is 9.97. The number of amides is 1. The number of rotatable bonds is 6. The van der Waals surface area contributed by atoms with Gasteiger partial charge in [0.2, 0.25) is 0 Å². The van der Waals surface area contributed by atoms with E-state index in [4.69, 9.17) is 6.42 Å². The van der Waals surface area contributed by atoms with Gasteiger partial charge in [0.25, 0.3) is 5.91 Å². The fourth-order valence-electron chi connectivity index (χ4n) is 2.39. The summed E-state index contributed by atoms with van der Waals surface area (Å²) in [5.41, 5.74) is 1.64. The van der Waals surface area contributed by atoms with Crippen molar-refractivity contribution < 1.29 is 14.7 Å². The molecule has 6 heteroatoms. The summed E-state index contributed by atoms with van der Waals surface area (Å²) in [5, 5.41) is 16.4. The highest BCUT2D eigenvalue weighted by Gasteiger charge is 2.29. The van der Waals surface area contributed by atoms with Crippen molar-refractivity contribution in [1.29, 1.82) is 0 Å². The van der Waals surface area contributed by atoms with Crippen molar-refractivity contribution in [1.82, 2.24) is 10.2 Å². The van der Waals surface area contributed by atoms with E-state index in [-0.39, 0.29) is 29.0 Å². The van der Waals surface area contributed by atoms with Gasteiger partial charge >= 0.3 is 0 Å². The van der Waals surface area contributed by atoms with Gasteiger partial charge in [0, 0.05) is 32.3 Å². The molecular formula is C18H21N3O3. The van der Waals surface area contributed by atoms with Crippen molar-refractivity contribution in [2.75, 3.05) is 19.4 Å².